The van der Waals surface area contributed by atoms with Gasteiger partial charge in [0, 0.05) is 40.6 Å². The molecule has 0 aliphatic carbocycles. The molecule has 6 heteroatoms. The lowest BCUT2D eigenvalue weighted by atomic mass is 9.84. The third kappa shape index (κ3) is 5.39. The van der Waals surface area contributed by atoms with Crippen LogP contribution in [0.4, 0.5) is 0 Å². The molecule has 1 N–H and O–H groups in total. The average molecular weight is 435 g/mol. The summed E-state index contributed by atoms with van der Waals surface area (Å²) < 4.78 is 11.3. The lowest BCUT2D eigenvalue weighted by molar-refractivity contribution is 0.0945. The lowest BCUT2D eigenvalue weighted by Gasteiger charge is -2.28. The van der Waals surface area contributed by atoms with Gasteiger partial charge >= 0.3 is 0 Å². The van der Waals surface area contributed by atoms with Gasteiger partial charge in [0.25, 0.3) is 5.91 Å². The third-order valence-electron chi connectivity index (χ3n) is 5.26. The summed E-state index contributed by atoms with van der Waals surface area (Å²) in [7, 11) is 0. The van der Waals surface area contributed by atoms with Crippen LogP contribution in [-0.2, 0) is 11.2 Å². The van der Waals surface area contributed by atoms with Crippen LogP contribution in [0.2, 0.25) is 0 Å². The fourth-order valence-electron chi connectivity index (χ4n) is 3.32. The number of carbonyl (C=O) groups is 1. The number of pyridine rings is 1. The van der Waals surface area contributed by atoms with Gasteiger partial charge in [-0.2, -0.15) is 0 Å². The summed E-state index contributed by atoms with van der Waals surface area (Å²) in [4.78, 5) is 17.9. The number of benzene rings is 2. The van der Waals surface area contributed by atoms with E-state index >= 15 is 0 Å². The summed E-state index contributed by atoms with van der Waals surface area (Å²) >= 11 is 1.73. The minimum absolute atomic E-state index is 0.0746. The van der Waals surface area contributed by atoms with E-state index < -0.39 is 0 Å². The molecule has 0 fully saturated rings. The first-order valence-corrected chi connectivity index (χ1v) is 11.3. The van der Waals surface area contributed by atoms with Crippen LogP contribution in [-0.4, -0.2) is 30.6 Å². The number of thioether (sulfide) groups is 1. The number of nitrogens with zero attached hydrogens (tertiary/aromatic N) is 1. The normalized spacial score (nSPS) is 13.0. The smallest absolute Gasteiger partial charge is 0.251 e. The van der Waals surface area contributed by atoms with Gasteiger partial charge < -0.3 is 14.8 Å². The highest BCUT2D eigenvalue weighted by atomic mass is 32.2. The van der Waals surface area contributed by atoms with Crippen LogP contribution in [0.3, 0.4) is 0 Å². The van der Waals surface area contributed by atoms with Crippen LogP contribution in [0.15, 0.2) is 71.9 Å². The van der Waals surface area contributed by atoms with Gasteiger partial charge in [-0.15, -0.1) is 11.8 Å². The molecule has 2 aromatic carbocycles. The van der Waals surface area contributed by atoms with Gasteiger partial charge in [-0.05, 0) is 53.6 Å². The van der Waals surface area contributed by atoms with E-state index in [4.69, 9.17) is 9.47 Å². The Kier molecular flexibility index (Phi) is 6.47. The Morgan fingerprint density at radius 3 is 2.58 bits per heavy atom. The van der Waals surface area contributed by atoms with E-state index in [1.165, 1.54) is 5.56 Å². The summed E-state index contributed by atoms with van der Waals surface area (Å²) in [5, 5.41) is 3.07. The molecule has 2 heterocycles. The molecule has 0 bridgehead atoms. The van der Waals surface area contributed by atoms with Crippen molar-refractivity contribution in [2.45, 2.75) is 29.9 Å². The third-order valence-corrected chi connectivity index (χ3v) is 6.34. The molecular weight excluding hydrogens is 408 g/mol. The highest BCUT2D eigenvalue weighted by Crippen LogP contribution is 2.35. The van der Waals surface area contributed by atoms with Crippen LogP contribution in [0.5, 0.6) is 11.5 Å². The SMILES string of the molecule is CC(C)(CNC(=O)c1ccc(SCc2cccnc2)cc1)c1ccc2c(c1)OCCO2. The maximum absolute atomic E-state index is 12.7. The van der Waals surface area contributed by atoms with E-state index in [9.17, 15) is 4.79 Å². The van der Waals surface area contributed by atoms with Crippen LogP contribution in [0.25, 0.3) is 0 Å². The number of hydrogen-bond donors (Lipinski definition) is 1. The Morgan fingerprint density at radius 2 is 1.84 bits per heavy atom. The van der Waals surface area contributed by atoms with Crippen molar-refractivity contribution >= 4 is 17.7 Å². The zero-order chi connectivity index (χ0) is 21.7. The van der Waals surface area contributed by atoms with E-state index in [-0.39, 0.29) is 11.3 Å². The molecular formula is C25H26N2O3S. The van der Waals surface area contributed by atoms with Crippen molar-refractivity contribution in [3.8, 4) is 11.5 Å². The fourth-order valence-corrected chi connectivity index (χ4v) is 4.16. The summed E-state index contributed by atoms with van der Waals surface area (Å²) in [5.74, 6) is 2.32. The number of rotatable bonds is 7. The molecule has 0 radical (unpaired) electrons. The maximum Gasteiger partial charge on any atom is 0.251 e. The van der Waals surface area contributed by atoms with Crippen molar-refractivity contribution in [2.75, 3.05) is 19.8 Å². The van der Waals surface area contributed by atoms with Crippen LogP contribution in [0, 0.1) is 0 Å². The van der Waals surface area contributed by atoms with Gasteiger partial charge in [0.05, 0.1) is 0 Å². The van der Waals surface area contributed by atoms with Gasteiger partial charge in [-0.3, -0.25) is 9.78 Å². The zero-order valence-electron chi connectivity index (χ0n) is 17.8. The van der Waals surface area contributed by atoms with Gasteiger partial charge in [0.2, 0.25) is 0 Å². The fraction of sp³-hybridized carbons (Fsp3) is 0.280. The monoisotopic (exact) mass is 434 g/mol. The summed E-state index contributed by atoms with van der Waals surface area (Å²) in [5.41, 5.74) is 2.68. The van der Waals surface area contributed by atoms with Gasteiger partial charge in [-0.1, -0.05) is 26.0 Å². The van der Waals surface area contributed by atoms with Crippen molar-refractivity contribution in [3.63, 3.8) is 0 Å². The minimum Gasteiger partial charge on any atom is -0.486 e. The van der Waals surface area contributed by atoms with Crippen molar-refractivity contribution in [3.05, 3.63) is 83.7 Å². The topological polar surface area (TPSA) is 60.5 Å². The number of amides is 1. The van der Waals surface area contributed by atoms with Crippen LogP contribution in [0.1, 0.15) is 35.3 Å². The standard InChI is InChI=1S/C25H26N2O3S/c1-25(2,20-7-10-22-23(14-20)30-13-12-29-22)17-27-24(28)19-5-8-21(9-6-19)31-16-18-4-3-11-26-15-18/h3-11,14-15H,12-13,16-17H2,1-2H3,(H,27,28). The highest BCUT2D eigenvalue weighted by molar-refractivity contribution is 7.98. The highest BCUT2D eigenvalue weighted by Gasteiger charge is 2.24. The first kappa shape index (κ1) is 21.2. The number of hydrogen-bond acceptors (Lipinski definition) is 5. The van der Waals surface area contributed by atoms with Gasteiger partial charge in [0.1, 0.15) is 13.2 Å². The Balaban J connectivity index is 1.33. The molecule has 160 valence electrons. The first-order valence-electron chi connectivity index (χ1n) is 10.3. The van der Waals surface area contributed by atoms with Crippen molar-refractivity contribution in [2.24, 2.45) is 0 Å². The van der Waals surface area contributed by atoms with Crippen LogP contribution < -0.4 is 14.8 Å². The van der Waals surface area contributed by atoms with E-state index in [1.54, 1.807) is 18.0 Å². The van der Waals surface area contributed by atoms with Gasteiger partial charge in [0.15, 0.2) is 11.5 Å². The number of ether oxygens (including phenoxy) is 2. The molecule has 0 atom stereocenters. The molecule has 31 heavy (non-hydrogen) atoms. The molecule has 1 amide bonds. The molecule has 0 saturated heterocycles. The van der Waals surface area contributed by atoms with Gasteiger partial charge in [-0.25, -0.2) is 0 Å². The molecule has 1 aliphatic heterocycles. The lowest BCUT2D eigenvalue weighted by Crippen LogP contribution is -2.36. The minimum atomic E-state index is -0.245. The van der Waals surface area contributed by atoms with E-state index in [0.717, 1.165) is 27.7 Å². The van der Waals surface area contributed by atoms with Crippen molar-refractivity contribution in [1.29, 1.82) is 0 Å². The van der Waals surface area contributed by atoms with E-state index in [0.29, 0.717) is 25.3 Å². The summed E-state index contributed by atoms with van der Waals surface area (Å²) in [6.45, 7) is 5.87. The van der Waals surface area contributed by atoms with Crippen molar-refractivity contribution in [1.82, 2.24) is 10.3 Å². The Morgan fingerprint density at radius 1 is 1.06 bits per heavy atom. The van der Waals surface area contributed by atoms with Crippen LogP contribution >= 0.6 is 11.8 Å². The quantitative estimate of drug-likeness (QED) is 0.539. The molecule has 0 saturated carbocycles. The Hall–Kier alpha value is -2.99. The largest absolute Gasteiger partial charge is 0.486 e. The predicted octanol–water partition coefficient (Wildman–Crippen LogP) is 4.85. The number of aromatic nitrogens is 1. The average Bonchev–Trinajstić information content (AvgIpc) is 2.82. The molecule has 0 unspecified atom stereocenters. The van der Waals surface area contributed by atoms with E-state index in [2.05, 4.69) is 30.2 Å². The first-order chi connectivity index (χ1) is 15.0. The second-order valence-electron chi connectivity index (χ2n) is 8.10. The molecule has 5 nitrogen and oxygen atoms in total. The molecule has 0 spiro atoms. The van der Waals surface area contributed by atoms with E-state index in [1.807, 2.05) is 54.7 Å². The molecule has 3 aromatic rings. The van der Waals surface area contributed by atoms with Crippen molar-refractivity contribution < 1.29 is 14.3 Å². The zero-order valence-corrected chi connectivity index (χ0v) is 18.6. The molecule has 1 aromatic heterocycles. The summed E-state index contributed by atoms with van der Waals surface area (Å²) in [6, 6.07) is 17.7. The summed E-state index contributed by atoms with van der Waals surface area (Å²) in [6.07, 6.45) is 3.65. The maximum atomic E-state index is 12.7. The second kappa shape index (κ2) is 9.43. The Labute approximate surface area is 187 Å². The number of carbonyl (C=O) groups excluding carboxylic acids is 1. The number of fused-ring (bicyclic) bond motifs is 1. The number of nitrogens with one attached hydrogen (secondary N) is 1. The molecule has 1 aliphatic rings. The molecule has 4 rings (SSSR count). The second-order valence-corrected chi connectivity index (χ2v) is 9.15. The predicted molar refractivity (Wildman–Crippen MR) is 123 cm³/mol. The Bertz CT molecular complexity index is 1040.